The largest absolute Gasteiger partial charge is 0.361 e. The Bertz CT molecular complexity index is 904. The van der Waals surface area contributed by atoms with Crippen molar-refractivity contribution in [1.82, 2.24) is 4.98 Å². The van der Waals surface area contributed by atoms with Gasteiger partial charge >= 0.3 is 5.69 Å². The Morgan fingerprint density at radius 3 is 2.83 bits per heavy atom. The molecule has 3 rings (SSSR count). The molecule has 116 valence electrons. The SMILES string of the molecule is O=C(Cc1c[nH]c2ccccc12)Nc1ccc(F)c([N+](=O)[O-])c1. The van der Waals surface area contributed by atoms with Crippen LogP contribution in [0, 0.1) is 15.9 Å². The van der Waals surface area contributed by atoms with E-state index in [1.807, 2.05) is 24.3 Å². The van der Waals surface area contributed by atoms with Crippen molar-refractivity contribution in [3.05, 3.63) is 70.2 Å². The number of nitrogens with zero attached hydrogens (tertiary/aromatic N) is 1. The lowest BCUT2D eigenvalue weighted by Crippen LogP contribution is -2.14. The molecule has 0 atom stereocenters. The highest BCUT2D eigenvalue weighted by Gasteiger charge is 2.16. The topological polar surface area (TPSA) is 88.0 Å². The highest BCUT2D eigenvalue weighted by atomic mass is 19.1. The van der Waals surface area contributed by atoms with E-state index in [-0.39, 0.29) is 18.0 Å². The first-order chi connectivity index (χ1) is 11.0. The zero-order valence-electron chi connectivity index (χ0n) is 11.9. The van der Waals surface area contributed by atoms with Gasteiger partial charge in [0.2, 0.25) is 11.7 Å². The van der Waals surface area contributed by atoms with Gasteiger partial charge in [-0.3, -0.25) is 14.9 Å². The van der Waals surface area contributed by atoms with E-state index in [2.05, 4.69) is 10.3 Å². The number of hydrogen-bond acceptors (Lipinski definition) is 3. The minimum atomic E-state index is -0.940. The molecular weight excluding hydrogens is 301 g/mol. The number of aromatic nitrogens is 1. The quantitative estimate of drug-likeness (QED) is 0.571. The van der Waals surface area contributed by atoms with Crippen LogP contribution in [-0.4, -0.2) is 15.8 Å². The van der Waals surface area contributed by atoms with Crippen LogP contribution in [0.4, 0.5) is 15.8 Å². The first-order valence-electron chi connectivity index (χ1n) is 6.83. The monoisotopic (exact) mass is 313 g/mol. The molecule has 0 aliphatic rings. The Labute approximate surface area is 130 Å². The predicted molar refractivity (Wildman–Crippen MR) is 83.7 cm³/mol. The molecule has 1 aromatic heterocycles. The normalized spacial score (nSPS) is 10.7. The summed E-state index contributed by atoms with van der Waals surface area (Å²) in [6.45, 7) is 0. The fourth-order valence-corrected chi connectivity index (χ4v) is 2.39. The Kier molecular flexibility index (Phi) is 3.76. The van der Waals surface area contributed by atoms with Crippen molar-refractivity contribution in [1.29, 1.82) is 0 Å². The molecule has 2 aromatic carbocycles. The molecule has 0 fully saturated rings. The van der Waals surface area contributed by atoms with Gasteiger partial charge in [0.15, 0.2) is 0 Å². The molecule has 0 saturated heterocycles. The molecule has 0 aliphatic carbocycles. The van der Waals surface area contributed by atoms with Gasteiger partial charge in [-0.15, -0.1) is 0 Å². The molecule has 0 aliphatic heterocycles. The molecular formula is C16H12FN3O3. The lowest BCUT2D eigenvalue weighted by atomic mass is 10.1. The standard InChI is InChI=1S/C16H12FN3O3/c17-13-6-5-11(8-15(13)20(22)23)19-16(21)7-10-9-18-14-4-2-1-3-12(10)14/h1-6,8-9,18H,7H2,(H,19,21). The molecule has 0 saturated carbocycles. The predicted octanol–water partition coefficient (Wildman–Crippen LogP) is 3.40. The third kappa shape index (κ3) is 3.03. The van der Waals surface area contributed by atoms with Crippen molar-refractivity contribution in [2.45, 2.75) is 6.42 Å². The number of nitrogens with one attached hydrogen (secondary N) is 2. The number of amides is 1. The van der Waals surface area contributed by atoms with Gasteiger partial charge in [0, 0.05) is 28.9 Å². The van der Waals surface area contributed by atoms with E-state index in [0.29, 0.717) is 0 Å². The average Bonchev–Trinajstić information content (AvgIpc) is 2.92. The summed E-state index contributed by atoms with van der Waals surface area (Å²) in [6.07, 6.45) is 1.85. The minimum Gasteiger partial charge on any atom is -0.361 e. The number of nitro benzene ring substituents is 1. The second-order valence-corrected chi connectivity index (χ2v) is 5.01. The molecule has 1 heterocycles. The van der Waals surface area contributed by atoms with E-state index in [9.17, 15) is 19.3 Å². The Morgan fingerprint density at radius 1 is 1.26 bits per heavy atom. The number of nitro groups is 1. The van der Waals surface area contributed by atoms with Crippen molar-refractivity contribution < 1.29 is 14.1 Å². The van der Waals surface area contributed by atoms with E-state index in [1.54, 1.807) is 6.20 Å². The van der Waals surface area contributed by atoms with Crippen LogP contribution in [0.1, 0.15) is 5.56 Å². The van der Waals surface area contributed by atoms with Crippen LogP contribution in [0.2, 0.25) is 0 Å². The highest BCUT2D eigenvalue weighted by molar-refractivity contribution is 5.95. The summed E-state index contributed by atoms with van der Waals surface area (Å²) in [5.74, 6) is -1.28. The zero-order valence-corrected chi connectivity index (χ0v) is 11.9. The van der Waals surface area contributed by atoms with Crippen molar-refractivity contribution in [2.75, 3.05) is 5.32 Å². The van der Waals surface area contributed by atoms with Crippen LogP contribution < -0.4 is 5.32 Å². The van der Waals surface area contributed by atoms with Gasteiger partial charge in [-0.1, -0.05) is 18.2 Å². The molecule has 7 heteroatoms. The van der Waals surface area contributed by atoms with Gasteiger partial charge in [-0.25, -0.2) is 0 Å². The van der Waals surface area contributed by atoms with Crippen LogP contribution >= 0.6 is 0 Å². The van der Waals surface area contributed by atoms with Gasteiger partial charge in [0.05, 0.1) is 11.3 Å². The first-order valence-corrected chi connectivity index (χ1v) is 6.83. The Balaban J connectivity index is 1.77. The summed E-state index contributed by atoms with van der Waals surface area (Å²) < 4.78 is 13.3. The van der Waals surface area contributed by atoms with Crippen LogP contribution in [0.5, 0.6) is 0 Å². The summed E-state index contributed by atoms with van der Waals surface area (Å²) in [7, 11) is 0. The second kappa shape index (κ2) is 5.88. The number of aromatic amines is 1. The molecule has 0 radical (unpaired) electrons. The molecule has 0 unspecified atom stereocenters. The van der Waals surface area contributed by atoms with Crippen LogP contribution in [-0.2, 0) is 11.2 Å². The number of halogens is 1. The summed E-state index contributed by atoms with van der Waals surface area (Å²) >= 11 is 0. The smallest absolute Gasteiger partial charge is 0.306 e. The number of rotatable bonds is 4. The Morgan fingerprint density at radius 2 is 2.04 bits per heavy atom. The molecule has 0 spiro atoms. The minimum absolute atomic E-state index is 0.106. The molecule has 23 heavy (non-hydrogen) atoms. The van der Waals surface area contributed by atoms with Crippen LogP contribution in [0.15, 0.2) is 48.7 Å². The lowest BCUT2D eigenvalue weighted by molar-refractivity contribution is -0.387. The fraction of sp³-hybridized carbons (Fsp3) is 0.0625. The molecule has 3 aromatic rings. The second-order valence-electron chi connectivity index (χ2n) is 5.01. The van der Waals surface area contributed by atoms with Crippen LogP contribution in [0.25, 0.3) is 10.9 Å². The fourth-order valence-electron chi connectivity index (χ4n) is 2.39. The summed E-state index contributed by atoms with van der Waals surface area (Å²) in [5.41, 5.74) is 1.25. The van der Waals surface area contributed by atoms with Gasteiger partial charge < -0.3 is 10.3 Å². The zero-order chi connectivity index (χ0) is 16.4. The third-order valence-corrected chi connectivity index (χ3v) is 3.45. The highest BCUT2D eigenvalue weighted by Crippen LogP contribution is 2.22. The maximum Gasteiger partial charge on any atom is 0.306 e. The van der Waals surface area contributed by atoms with E-state index >= 15 is 0 Å². The summed E-state index contributed by atoms with van der Waals surface area (Å²) in [4.78, 5) is 25.1. The van der Waals surface area contributed by atoms with Crippen molar-refractivity contribution in [3.8, 4) is 0 Å². The summed E-state index contributed by atoms with van der Waals surface area (Å²) in [5, 5.41) is 14.2. The Hall–Kier alpha value is -3.22. The van der Waals surface area contributed by atoms with E-state index < -0.39 is 16.4 Å². The van der Waals surface area contributed by atoms with Crippen molar-refractivity contribution in [3.63, 3.8) is 0 Å². The number of carbonyl (C=O) groups excluding carboxylic acids is 1. The maximum atomic E-state index is 13.3. The van der Waals surface area contributed by atoms with Gasteiger partial charge in [0.25, 0.3) is 0 Å². The van der Waals surface area contributed by atoms with Crippen LogP contribution in [0.3, 0.4) is 0 Å². The number of anilines is 1. The van der Waals surface area contributed by atoms with Gasteiger partial charge in [0.1, 0.15) is 0 Å². The number of carbonyl (C=O) groups is 1. The molecule has 0 bridgehead atoms. The third-order valence-electron chi connectivity index (χ3n) is 3.45. The van der Waals surface area contributed by atoms with Gasteiger partial charge in [-0.2, -0.15) is 4.39 Å². The first kappa shape index (κ1) is 14.7. The van der Waals surface area contributed by atoms with Gasteiger partial charge in [-0.05, 0) is 23.8 Å². The molecule has 1 amide bonds. The summed E-state index contributed by atoms with van der Waals surface area (Å²) in [6, 6.07) is 10.8. The van der Waals surface area contributed by atoms with Crippen molar-refractivity contribution >= 4 is 28.2 Å². The molecule has 6 nitrogen and oxygen atoms in total. The number of fused-ring (bicyclic) bond motifs is 1. The van der Waals surface area contributed by atoms with E-state index in [4.69, 9.17) is 0 Å². The number of para-hydroxylation sites is 1. The van der Waals surface area contributed by atoms with E-state index in [1.165, 1.54) is 6.07 Å². The maximum absolute atomic E-state index is 13.3. The number of H-pyrrole nitrogens is 1. The van der Waals surface area contributed by atoms with E-state index in [0.717, 1.165) is 28.6 Å². The number of hydrogen-bond donors (Lipinski definition) is 2. The number of benzene rings is 2. The average molecular weight is 313 g/mol. The lowest BCUT2D eigenvalue weighted by Gasteiger charge is -2.05. The molecule has 2 N–H and O–H groups in total. The van der Waals surface area contributed by atoms with Crippen molar-refractivity contribution in [2.24, 2.45) is 0 Å².